The van der Waals surface area contributed by atoms with Crippen molar-refractivity contribution in [3.05, 3.63) is 30.3 Å². The summed E-state index contributed by atoms with van der Waals surface area (Å²) < 4.78 is 0. The van der Waals surface area contributed by atoms with E-state index in [1.165, 1.54) is 5.06 Å². The van der Waals surface area contributed by atoms with Crippen LogP contribution in [0.1, 0.15) is 27.7 Å². The lowest BCUT2D eigenvalue weighted by atomic mass is 10.0. The molecular weight excluding hydrogens is 258 g/mol. The number of amides is 1. The number of nitrogens with zero attached hydrogens (tertiary/aromatic N) is 3. The molecule has 1 aromatic carbocycles. The Morgan fingerprint density at radius 2 is 1.70 bits per heavy atom. The molecule has 0 saturated carbocycles. The van der Waals surface area contributed by atoms with E-state index in [1.807, 2.05) is 44.2 Å². The van der Waals surface area contributed by atoms with Gasteiger partial charge in [-0.05, 0) is 39.8 Å². The van der Waals surface area contributed by atoms with Gasteiger partial charge in [0.2, 0.25) is 0 Å². The lowest BCUT2D eigenvalue weighted by Gasteiger charge is -2.34. The predicted octanol–water partition coefficient (Wildman–Crippen LogP) is 2.36. The quantitative estimate of drug-likeness (QED) is 0.790. The Kier molecular flexibility index (Phi) is 2.63. The third-order valence-electron chi connectivity index (χ3n) is 4.07. The topological polar surface area (TPSA) is 55.9 Å². The molecule has 0 aromatic heterocycles. The maximum atomic E-state index is 12.5. The van der Waals surface area contributed by atoms with Gasteiger partial charge in [0.15, 0.2) is 0 Å². The van der Waals surface area contributed by atoms with Crippen molar-refractivity contribution in [2.24, 2.45) is 0 Å². The fraction of sp³-hybridized carbons (Fsp3) is 0.500. The number of carbonyl (C=O) groups excluding carboxylic acids is 1. The molecule has 0 aliphatic carbocycles. The van der Waals surface area contributed by atoms with Crippen molar-refractivity contribution in [1.29, 1.82) is 0 Å². The molecule has 2 aliphatic heterocycles. The van der Waals surface area contributed by atoms with E-state index in [-0.39, 0.29) is 0 Å². The molecule has 0 N–H and O–H groups in total. The summed E-state index contributed by atoms with van der Waals surface area (Å²) in [4.78, 5) is 19.1. The minimum Gasteiger partial charge on any atom is -0.346 e. The molecule has 0 bridgehead atoms. The third kappa shape index (κ3) is 1.52. The second-order valence-electron chi connectivity index (χ2n) is 6.20. The average Bonchev–Trinajstić information content (AvgIpc) is 2.82. The third-order valence-corrected chi connectivity index (χ3v) is 4.07. The highest BCUT2D eigenvalue weighted by molar-refractivity contribution is 5.90. The van der Waals surface area contributed by atoms with Gasteiger partial charge >= 0.3 is 6.09 Å². The van der Waals surface area contributed by atoms with Gasteiger partial charge in [-0.1, -0.05) is 23.3 Å². The summed E-state index contributed by atoms with van der Waals surface area (Å²) >= 11 is 0. The summed E-state index contributed by atoms with van der Waals surface area (Å²) in [6.07, 6.45) is -0.902. The van der Waals surface area contributed by atoms with E-state index < -0.39 is 23.5 Å². The van der Waals surface area contributed by atoms with Gasteiger partial charge in [0, 0.05) is 5.69 Å². The lowest BCUT2D eigenvalue weighted by molar-refractivity contribution is -0.288. The zero-order valence-electron chi connectivity index (χ0n) is 12.0. The summed E-state index contributed by atoms with van der Waals surface area (Å²) in [6.45, 7) is 7.15. The van der Waals surface area contributed by atoms with Crippen LogP contribution < -0.4 is 4.90 Å². The number of anilines is 1. The normalized spacial score (nSPS) is 28.6. The molecule has 2 fully saturated rings. The minimum absolute atomic E-state index is 0.449. The molecule has 0 spiro atoms. The highest BCUT2D eigenvalue weighted by atomic mass is 16.8. The summed E-state index contributed by atoms with van der Waals surface area (Å²) in [5.74, 6) is 0. The van der Waals surface area contributed by atoms with Crippen LogP contribution in [0.25, 0.3) is 0 Å². The Morgan fingerprint density at radius 1 is 1.10 bits per heavy atom. The smallest absolute Gasteiger partial charge is 0.346 e. The monoisotopic (exact) mass is 276 g/mol. The number of hydrogen-bond acceptors (Lipinski definition) is 4. The zero-order chi connectivity index (χ0) is 14.7. The summed E-state index contributed by atoms with van der Waals surface area (Å²) in [5.41, 5.74) is -0.942. The Morgan fingerprint density at radius 3 is 2.30 bits per heavy atom. The van der Waals surface area contributed by atoms with Crippen LogP contribution in [0.3, 0.4) is 0 Å². The summed E-state index contributed by atoms with van der Waals surface area (Å²) in [5, 5.41) is 15.0. The average molecular weight is 276 g/mol. The fourth-order valence-electron chi connectivity index (χ4n) is 3.13. The number of fused-ring (bicyclic) bond motifs is 1. The van der Waals surface area contributed by atoms with Crippen molar-refractivity contribution in [2.45, 2.75) is 45.1 Å². The van der Waals surface area contributed by atoms with Crippen molar-refractivity contribution in [2.75, 3.05) is 4.90 Å². The summed E-state index contributed by atoms with van der Waals surface area (Å²) in [7, 11) is 0. The number of benzene rings is 1. The van der Waals surface area contributed by atoms with E-state index >= 15 is 0 Å². The molecule has 107 valence electrons. The molecule has 1 aromatic rings. The van der Waals surface area contributed by atoms with Crippen molar-refractivity contribution in [1.82, 2.24) is 10.1 Å². The van der Waals surface area contributed by atoms with E-state index in [9.17, 15) is 10.0 Å². The molecule has 2 aliphatic rings. The maximum absolute atomic E-state index is 12.5. The van der Waals surface area contributed by atoms with Crippen molar-refractivity contribution >= 4 is 11.8 Å². The van der Waals surface area contributed by atoms with Crippen molar-refractivity contribution < 1.29 is 14.8 Å². The zero-order valence-corrected chi connectivity index (χ0v) is 12.0. The van der Waals surface area contributed by atoms with Gasteiger partial charge in [0.25, 0.3) is 0 Å². The predicted molar refractivity (Wildman–Crippen MR) is 71.7 cm³/mol. The molecular formula is C14H18N3O3. The van der Waals surface area contributed by atoms with Crippen LogP contribution in [0.15, 0.2) is 30.3 Å². The largest absolute Gasteiger partial charge is 0.435 e. The molecule has 20 heavy (non-hydrogen) atoms. The van der Waals surface area contributed by atoms with Gasteiger partial charge in [-0.25, -0.2) is 4.79 Å². The highest BCUT2D eigenvalue weighted by Gasteiger charge is 2.66. The Labute approximate surface area is 118 Å². The van der Waals surface area contributed by atoms with Gasteiger partial charge in [0.05, 0.1) is 5.54 Å². The number of hydroxylamine groups is 4. The van der Waals surface area contributed by atoms with E-state index in [0.717, 1.165) is 10.8 Å². The van der Waals surface area contributed by atoms with Crippen LogP contribution in [0.2, 0.25) is 0 Å². The number of hydrogen-bond donors (Lipinski definition) is 0. The second kappa shape index (κ2) is 3.94. The molecule has 2 saturated heterocycles. The number of para-hydroxylation sites is 1. The van der Waals surface area contributed by atoms with Crippen LogP contribution in [0.5, 0.6) is 0 Å². The van der Waals surface area contributed by atoms with Crippen LogP contribution in [0.4, 0.5) is 10.5 Å². The molecule has 1 atom stereocenters. The van der Waals surface area contributed by atoms with Gasteiger partial charge in [-0.3, -0.25) is 4.90 Å². The first-order valence-electron chi connectivity index (χ1n) is 6.61. The SMILES string of the molecule is CC1(C)C2N(c3ccccc3)C(=O)ON2C(C)(C)N1[O]. The van der Waals surface area contributed by atoms with E-state index in [2.05, 4.69) is 0 Å². The molecule has 6 heteroatoms. The lowest BCUT2D eigenvalue weighted by Crippen LogP contribution is -2.53. The van der Waals surface area contributed by atoms with Crippen LogP contribution >= 0.6 is 0 Å². The van der Waals surface area contributed by atoms with Gasteiger partial charge in [-0.2, -0.15) is 0 Å². The van der Waals surface area contributed by atoms with Crippen molar-refractivity contribution in [3.63, 3.8) is 0 Å². The number of rotatable bonds is 1. The Hall–Kier alpha value is -1.63. The molecule has 2 heterocycles. The maximum Gasteiger partial charge on any atom is 0.435 e. The first-order valence-corrected chi connectivity index (χ1v) is 6.61. The number of carbonyl (C=O) groups is 1. The summed E-state index contributed by atoms with van der Waals surface area (Å²) in [6, 6.07) is 9.26. The molecule has 6 nitrogen and oxygen atoms in total. The first kappa shape index (κ1) is 13.4. The van der Waals surface area contributed by atoms with Crippen LogP contribution in [0, 0.1) is 0 Å². The Bertz CT molecular complexity index is 544. The molecule has 3 rings (SSSR count). The molecule has 1 radical (unpaired) electrons. The van der Waals surface area contributed by atoms with E-state index in [4.69, 9.17) is 4.84 Å². The first-order chi connectivity index (χ1) is 9.28. The minimum atomic E-state index is -0.895. The van der Waals surface area contributed by atoms with Crippen LogP contribution in [-0.2, 0) is 10.0 Å². The molecule has 1 amide bonds. The fourth-order valence-corrected chi connectivity index (χ4v) is 3.13. The van der Waals surface area contributed by atoms with Crippen LogP contribution in [-0.4, -0.2) is 33.6 Å². The van der Waals surface area contributed by atoms with E-state index in [0.29, 0.717) is 0 Å². The molecule has 1 unspecified atom stereocenters. The van der Waals surface area contributed by atoms with Gasteiger partial charge in [-0.15, -0.1) is 10.3 Å². The Balaban J connectivity index is 2.09. The highest BCUT2D eigenvalue weighted by Crippen LogP contribution is 2.47. The van der Waals surface area contributed by atoms with Gasteiger partial charge in [0.1, 0.15) is 11.8 Å². The second-order valence-corrected chi connectivity index (χ2v) is 6.20. The van der Waals surface area contributed by atoms with Crippen molar-refractivity contribution in [3.8, 4) is 0 Å². The van der Waals surface area contributed by atoms with Gasteiger partial charge < -0.3 is 4.84 Å². The van der Waals surface area contributed by atoms with E-state index in [1.54, 1.807) is 18.7 Å². The standard InChI is InChI=1S/C14H18N3O3/c1-13(2)11-15(10-8-6-5-7-9-10)12(18)20-16(11)14(3,4)17(13)19/h5-9,11H,1-4H3.